The molecule has 3 aromatic heterocycles. The first-order valence-corrected chi connectivity index (χ1v) is 9.29. The van der Waals surface area contributed by atoms with Gasteiger partial charge < -0.3 is 15.2 Å². The third kappa shape index (κ3) is 6.99. The van der Waals surface area contributed by atoms with E-state index in [0.29, 0.717) is 11.6 Å². The van der Waals surface area contributed by atoms with Gasteiger partial charge in [0.1, 0.15) is 17.9 Å². The lowest BCUT2D eigenvalue weighted by Crippen LogP contribution is -2.21. The first-order chi connectivity index (χ1) is 15.8. The highest BCUT2D eigenvalue weighted by atomic mass is 19.4. The van der Waals surface area contributed by atoms with Crippen LogP contribution in [0.4, 0.5) is 24.7 Å². The third-order valence-electron chi connectivity index (χ3n) is 3.89. The number of carbonyl (C=O) groups is 1. The average Bonchev–Trinajstić information content (AvgIpc) is 2.82. The van der Waals surface area contributed by atoms with Crippen LogP contribution in [0.2, 0.25) is 0 Å². The van der Waals surface area contributed by atoms with Gasteiger partial charge in [-0.3, -0.25) is 0 Å². The highest BCUT2D eigenvalue weighted by molar-refractivity contribution is 5.73. The predicted octanol–water partition coefficient (Wildman–Crippen LogP) is 5.10. The van der Waals surface area contributed by atoms with Gasteiger partial charge in [-0.1, -0.05) is 6.07 Å². The number of rotatable bonds is 5. The first-order valence-electron chi connectivity index (χ1n) is 9.29. The van der Waals surface area contributed by atoms with Gasteiger partial charge in [0.25, 0.3) is 0 Å². The summed E-state index contributed by atoms with van der Waals surface area (Å²) >= 11 is 0. The summed E-state index contributed by atoms with van der Waals surface area (Å²) in [5.74, 6) is -0.772. The molecule has 3 heterocycles. The number of alkyl halides is 3. The van der Waals surface area contributed by atoms with Crippen LogP contribution in [0.3, 0.4) is 0 Å². The zero-order valence-corrected chi connectivity index (χ0v) is 16.8. The van der Waals surface area contributed by atoms with E-state index in [-0.39, 0.29) is 0 Å². The molecular weight excluding hydrogens is 439 g/mol. The van der Waals surface area contributed by atoms with Gasteiger partial charge in [0.15, 0.2) is 0 Å². The molecule has 0 saturated heterocycles. The smallest absolute Gasteiger partial charge is 0.475 e. The van der Waals surface area contributed by atoms with Crippen molar-refractivity contribution in [2.24, 2.45) is 0 Å². The number of carboxylic acids is 1. The molecule has 0 spiro atoms. The highest BCUT2D eigenvalue weighted by Crippen LogP contribution is 2.31. The minimum absolute atomic E-state index is 0.507. The van der Waals surface area contributed by atoms with E-state index in [2.05, 4.69) is 25.3 Å². The molecule has 0 fully saturated rings. The molecule has 0 radical (unpaired) electrons. The fourth-order valence-electron chi connectivity index (χ4n) is 2.43. The summed E-state index contributed by atoms with van der Waals surface area (Å²) in [5.41, 5.74) is 2.61. The number of benzene rings is 1. The zero-order valence-electron chi connectivity index (χ0n) is 16.8. The molecule has 0 saturated carbocycles. The Labute approximate surface area is 185 Å². The SMILES string of the molecule is O=C(O)C(F)(F)F.c1ccc(Nc2ccc(Oc3ncccc3-c3cncnc3)cc2)nc1. The number of aromatic nitrogens is 4. The van der Waals surface area contributed by atoms with Crippen LogP contribution >= 0.6 is 0 Å². The van der Waals surface area contributed by atoms with E-state index in [1.807, 2.05) is 54.6 Å². The Morgan fingerprint density at radius 3 is 2.18 bits per heavy atom. The van der Waals surface area contributed by atoms with Crippen molar-refractivity contribution in [3.05, 3.63) is 85.7 Å². The normalized spacial score (nSPS) is 10.5. The number of halogens is 3. The van der Waals surface area contributed by atoms with Crippen LogP contribution in [0.1, 0.15) is 0 Å². The number of carboxylic acid groups (broad SMARTS) is 1. The first kappa shape index (κ1) is 23.1. The van der Waals surface area contributed by atoms with Gasteiger partial charge >= 0.3 is 12.1 Å². The molecule has 1 aromatic carbocycles. The maximum atomic E-state index is 10.6. The number of nitrogens with zero attached hydrogens (tertiary/aromatic N) is 4. The second kappa shape index (κ2) is 10.7. The molecule has 2 N–H and O–H groups in total. The molecular formula is C22H16F3N5O3. The van der Waals surface area contributed by atoms with Crippen LogP contribution in [-0.2, 0) is 4.79 Å². The van der Waals surface area contributed by atoms with E-state index in [4.69, 9.17) is 14.6 Å². The minimum atomic E-state index is -5.08. The summed E-state index contributed by atoms with van der Waals surface area (Å²) in [7, 11) is 0. The van der Waals surface area contributed by atoms with Crippen molar-refractivity contribution in [1.82, 2.24) is 19.9 Å². The Morgan fingerprint density at radius 1 is 0.909 bits per heavy atom. The van der Waals surface area contributed by atoms with Gasteiger partial charge in [-0.25, -0.2) is 24.7 Å². The van der Waals surface area contributed by atoms with Gasteiger partial charge in [-0.15, -0.1) is 0 Å². The maximum Gasteiger partial charge on any atom is 0.490 e. The van der Waals surface area contributed by atoms with Crippen LogP contribution in [0.15, 0.2) is 85.7 Å². The quantitative estimate of drug-likeness (QED) is 0.428. The predicted molar refractivity (Wildman–Crippen MR) is 113 cm³/mol. The fourth-order valence-corrected chi connectivity index (χ4v) is 2.43. The molecule has 0 unspecified atom stereocenters. The number of aliphatic carboxylic acids is 1. The van der Waals surface area contributed by atoms with Crippen LogP contribution in [0.25, 0.3) is 11.1 Å². The number of pyridine rings is 2. The summed E-state index contributed by atoms with van der Waals surface area (Å²) in [6, 6.07) is 17.1. The Morgan fingerprint density at radius 2 is 1.58 bits per heavy atom. The lowest BCUT2D eigenvalue weighted by molar-refractivity contribution is -0.192. The van der Waals surface area contributed by atoms with Crippen molar-refractivity contribution in [2.75, 3.05) is 5.32 Å². The largest absolute Gasteiger partial charge is 0.490 e. The molecule has 0 aliphatic rings. The molecule has 0 aliphatic carbocycles. The molecule has 0 bridgehead atoms. The highest BCUT2D eigenvalue weighted by Gasteiger charge is 2.38. The molecule has 168 valence electrons. The van der Waals surface area contributed by atoms with Crippen LogP contribution in [0, 0.1) is 0 Å². The van der Waals surface area contributed by atoms with E-state index < -0.39 is 12.1 Å². The summed E-state index contributed by atoms with van der Waals surface area (Å²) < 4.78 is 37.7. The molecule has 0 atom stereocenters. The monoisotopic (exact) mass is 455 g/mol. The Bertz CT molecular complexity index is 1180. The van der Waals surface area contributed by atoms with Gasteiger partial charge in [0.05, 0.1) is 0 Å². The van der Waals surface area contributed by atoms with Crippen molar-refractivity contribution in [3.63, 3.8) is 0 Å². The van der Waals surface area contributed by atoms with E-state index in [0.717, 1.165) is 22.6 Å². The summed E-state index contributed by atoms with van der Waals surface area (Å²) in [6.45, 7) is 0. The molecule has 4 rings (SSSR count). The lowest BCUT2D eigenvalue weighted by atomic mass is 10.1. The van der Waals surface area contributed by atoms with E-state index in [1.165, 1.54) is 6.33 Å². The molecule has 4 aromatic rings. The van der Waals surface area contributed by atoms with Crippen LogP contribution in [-0.4, -0.2) is 37.2 Å². The molecule has 8 nitrogen and oxygen atoms in total. The fraction of sp³-hybridized carbons (Fsp3) is 0.0455. The molecule has 33 heavy (non-hydrogen) atoms. The van der Waals surface area contributed by atoms with Crippen molar-refractivity contribution in [3.8, 4) is 22.8 Å². The zero-order chi connectivity index (χ0) is 23.7. The summed E-state index contributed by atoms with van der Waals surface area (Å²) in [6.07, 6.45) is 3.32. The second-order valence-corrected chi connectivity index (χ2v) is 6.25. The Kier molecular flexibility index (Phi) is 7.47. The van der Waals surface area contributed by atoms with Gasteiger partial charge in [0.2, 0.25) is 5.88 Å². The summed E-state index contributed by atoms with van der Waals surface area (Å²) in [5, 5.41) is 10.4. The van der Waals surface area contributed by atoms with Gasteiger partial charge in [-0.05, 0) is 48.5 Å². The molecule has 0 aliphatic heterocycles. The Hall–Kier alpha value is -4.54. The number of anilines is 2. The topological polar surface area (TPSA) is 110 Å². The average molecular weight is 455 g/mol. The van der Waals surface area contributed by atoms with E-state index in [9.17, 15) is 13.2 Å². The van der Waals surface area contributed by atoms with Crippen LogP contribution in [0.5, 0.6) is 11.6 Å². The standard InChI is InChI=1S/C20H15N5O.C2HF3O2/c1-2-10-23-19(5-1)25-16-6-8-17(9-7-16)26-20-18(4-3-11-24-20)15-12-21-14-22-13-15;3-2(4,5)1(6)7/h1-14H,(H,23,25);(H,6,7). The molecule has 11 heteroatoms. The maximum absolute atomic E-state index is 10.6. The lowest BCUT2D eigenvalue weighted by Gasteiger charge is -2.10. The van der Waals surface area contributed by atoms with Gasteiger partial charge in [-0.2, -0.15) is 13.2 Å². The van der Waals surface area contributed by atoms with Crippen molar-refractivity contribution in [2.45, 2.75) is 6.18 Å². The third-order valence-corrected chi connectivity index (χ3v) is 3.89. The van der Waals surface area contributed by atoms with Crippen LogP contribution < -0.4 is 10.1 Å². The van der Waals surface area contributed by atoms with Gasteiger partial charge in [0, 0.05) is 41.6 Å². The molecule has 0 amide bonds. The second-order valence-electron chi connectivity index (χ2n) is 6.25. The number of ether oxygens (including phenoxy) is 1. The van der Waals surface area contributed by atoms with Crippen molar-refractivity contribution < 1.29 is 27.8 Å². The van der Waals surface area contributed by atoms with Crippen molar-refractivity contribution >= 4 is 17.5 Å². The number of hydrogen-bond acceptors (Lipinski definition) is 7. The minimum Gasteiger partial charge on any atom is -0.475 e. The summed E-state index contributed by atoms with van der Waals surface area (Å²) in [4.78, 5) is 25.6. The van der Waals surface area contributed by atoms with E-state index in [1.54, 1.807) is 24.8 Å². The van der Waals surface area contributed by atoms with E-state index >= 15 is 0 Å². The van der Waals surface area contributed by atoms with Crippen molar-refractivity contribution in [1.29, 1.82) is 0 Å². The number of nitrogens with one attached hydrogen (secondary N) is 1. The number of hydrogen-bond donors (Lipinski definition) is 2. The Balaban J connectivity index is 0.000000383.